The minimum Gasteiger partial charge on any atom is -0.396 e. The molecular weight excluding hydrogens is 215 g/mol. The predicted octanol–water partition coefficient (Wildman–Crippen LogP) is 3.43. The Hall–Kier alpha value is -0.600. The summed E-state index contributed by atoms with van der Waals surface area (Å²) in [5, 5.41) is 9.66. The molecule has 1 aromatic rings. The highest BCUT2D eigenvalue weighted by Gasteiger charge is 2.11. The lowest BCUT2D eigenvalue weighted by atomic mass is 9.95. The van der Waals surface area contributed by atoms with E-state index in [2.05, 4.69) is 6.92 Å². The summed E-state index contributed by atoms with van der Waals surface area (Å²) in [6.45, 7) is 2.15. The molecule has 0 aromatic heterocycles. The molecule has 0 spiro atoms. The number of aliphatic hydroxyl groups excluding tert-OH is 1. The van der Waals surface area contributed by atoms with E-state index in [1.54, 1.807) is 6.07 Å². The van der Waals surface area contributed by atoms with Crippen LogP contribution in [0.4, 0.5) is 4.39 Å². The second kappa shape index (κ2) is 6.09. The molecule has 3 heteroatoms. The minimum absolute atomic E-state index is 0.0970. The van der Waals surface area contributed by atoms with Gasteiger partial charge in [0.1, 0.15) is 5.82 Å². The van der Waals surface area contributed by atoms with Gasteiger partial charge in [-0.1, -0.05) is 24.9 Å². The maximum atomic E-state index is 13.4. The summed E-state index contributed by atoms with van der Waals surface area (Å²) in [6.07, 6.45) is 2.45. The molecule has 0 fully saturated rings. The van der Waals surface area contributed by atoms with Gasteiger partial charge in [0.05, 0.1) is 0 Å². The van der Waals surface area contributed by atoms with E-state index in [0.717, 1.165) is 12.8 Å². The monoisotopic (exact) mass is 230 g/mol. The zero-order valence-electron chi connectivity index (χ0n) is 8.84. The third-order valence-electron chi connectivity index (χ3n) is 2.47. The molecule has 0 amide bonds. The molecule has 0 aliphatic heterocycles. The molecule has 1 N–H and O–H groups in total. The van der Waals surface area contributed by atoms with Crippen molar-refractivity contribution in [1.82, 2.24) is 0 Å². The van der Waals surface area contributed by atoms with Gasteiger partial charge in [-0.3, -0.25) is 0 Å². The van der Waals surface area contributed by atoms with Gasteiger partial charge in [0.2, 0.25) is 0 Å². The SMILES string of the molecule is CCCC(CO)Cc1cc(Cl)ccc1F. The second-order valence-electron chi connectivity index (χ2n) is 3.78. The molecule has 0 radical (unpaired) electrons. The van der Waals surface area contributed by atoms with Gasteiger partial charge in [0, 0.05) is 11.6 Å². The fourth-order valence-corrected chi connectivity index (χ4v) is 1.87. The maximum absolute atomic E-state index is 13.4. The smallest absolute Gasteiger partial charge is 0.126 e. The molecule has 1 aromatic carbocycles. The van der Waals surface area contributed by atoms with Crippen LogP contribution >= 0.6 is 11.6 Å². The Labute approximate surface area is 94.9 Å². The van der Waals surface area contributed by atoms with Crippen LogP contribution in [0.15, 0.2) is 18.2 Å². The Bertz CT molecular complexity index is 314. The third-order valence-corrected chi connectivity index (χ3v) is 2.71. The van der Waals surface area contributed by atoms with E-state index in [-0.39, 0.29) is 18.3 Å². The molecule has 0 aliphatic carbocycles. The highest BCUT2D eigenvalue weighted by molar-refractivity contribution is 6.30. The van der Waals surface area contributed by atoms with Crippen molar-refractivity contribution in [2.45, 2.75) is 26.2 Å². The van der Waals surface area contributed by atoms with Crippen molar-refractivity contribution < 1.29 is 9.50 Å². The van der Waals surface area contributed by atoms with Crippen LogP contribution in [0.25, 0.3) is 0 Å². The normalized spacial score (nSPS) is 12.8. The van der Waals surface area contributed by atoms with Crippen molar-refractivity contribution in [3.63, 3.8) is 0 Å². The van der Waals surface area contributed by atoms with Crippen molar-refractivity contribution in [2.24, 2.45) is 5.92 Å². The summed E-state index contributed by atoms with van der Waals surface area (Å²) in [5.74, 6) is -0.114. The van der Waals surface area contributed by atoms with E-state index in [1.165, 1.54) is 12.1 Å². The highest BCUT2D eigenvalue weighted by atomic mass is 35.5. The zero-order valence-corrected chi connectivity index (χ0v) is 9.60. The van der Waals surface area contributed by atoms with E-state index in [4.69, 9.17) is 16.7 Å². The number of rotatable bonds is 5. The zero-order chi connectivity index (χ0) is 11.3. The number of benzene rings is 1. The van der Waals surface area contributed by atoms with E-state index < -0.39 is 0 Å². The highest BCUT2D eigenvalue weighted by Crippen LogP contribution is 2.20. The summed E-state index contributed by atoms with van der Waals surface area (Å²) in [4.78, 5) is 0. The fraction of sp³-hybridized carbons (Fsp3) is 0.500. The summed E-state index contributed by atoms with van der Waals surface area (Å²) < 4.78 is 13.4. The van der Waals surface area contributed by atoms with Crippen LogP contribution in [0.2, 0.25) is 5.02 Å². The van der Waals surface area contributed by atoms with E-state index in [0.29, 0.717) is 17.0 Å². The molecule has 0 saturated heterocycles. The fourth-order valence-electron chi connectivity index (χ4n) is 1.68. The van der Waals surface area contributed by atoms with Crippen LogP contribution in [-0.4, -0.2) is 11.7 Å². The van der Waals surface area contributed by atoms with Crippen molar-refractivity contribution >= 4 is 11.6 Å². The van der Waals surface area contributed by atoms with Crippen LogP contribution in [0.3, 0.4) is 0 Å². The van der Waals surface area contributed by atoms with Gasteiger partial charge in [-0.25, -0.2) is 4.39 Å². The number of halogens is 2. The first-order chi connectivity index (χ1) is 7.17. The molecule has 0 heterocycles. The Kier molecular flexibility index (Phi) is 5.06. The largest absolute Gasteiger partial charge is 0.396 e. The summed E-state index contributed by atoms with van der Waals surface area (Å²) in [6, 6.07) is 4.54. The molecule has 0 aliphatic rings. The van der Waals surface area contributed by atoms with Crippen LogP contribution in [0, 0.1) is 11.7 Å². The number of hydrogen-bond donors (Lipinski definition) is 1. The Morgan fingerprint density at radius 2 is 2.20 bits per heavy atom. The van der Waals surface area contributed by atoms with Gasteiger partial charge < -0.3 is 5.11 Å². The number of aliphatic hydroxyl groups is 1. The molecule has 1 unspecified atom stereocenters. The minimum atomic E-state index is -0.242. The Morgan fingerprint density at radius 1 is 1.47 bits per heavy atom. The average molecular weight is 231 g/mol. The first kappa shape index (κ1) is 12.5. The van der Waals surface area contributed by atoms with Crippen molar-refractivity contribution in [1.29, 1.82) is 0 Å². The number of hydrogen-bond acceptors (Lipinski definition) is 1. The van der Waals surface area contributed by atoms with Crippen molar-refractivity contribution in [3.8, 4) is 0 Å². The van der Waals surface area contributed by atoms with Crippen molar-refractivity contribution in [3.05, 3.63) is 34.6 Å². The topological polar surface area (TPSA) is 20.2 Å². The molecule has 15 heavy (non-hydrogen) atoms. The second-order valence-corrected chi connectivity index (χ2v) is 4.21. The van der Waals surface area contributed by atoms with Crippen LogP contribution < -0.4 is 0 Å². The summed E-state index contributed by atoms with van der Waals surface area (Å²) in [7, 11) is 0. The van der Waals surface area contributed by atoms with Gasteiger partial charge in [-0.05, 0) is 42.5 Å². The van der Waals surface area contributed by atoms with Gasteiger partial charge in [0.15, 0.2) is 0 Å². The molecular formula is C12H16ClFO. The summed E-state index contributed by atoms with van der Waals surface area (Å²) in [5.41, 5.74) is 0.593. The maximum Gasteiger partial charge on any atom is 0.126 e. The lowest BCUT2D eigenvalue weighted by Gasteiger charge is -2.13. The van der Waals surface area contributed by atoms with Crippen LogP contribution in [0.5, 0.6) is 0 Å². The predicted molar refractivity (Wildman–Crippen MR) is 60.6 cm³/mol. The van der Waals surface area contributed by atoms with E-state index >= 15 is 0 Å². The first-order valence-corrected chi connectivity index (χ1v) is 5.60. The van der Waals surface area contributed by atoms with Gasteiger partial charge in [-0.2, -0.15) is 0 Å². The molecule has 0 bridgehead atoms. The average Bonchev–Trinajstić information content (AvgIpc) is 2.22. The van der Waals surface area contributed by atoms with Crippen LogP contribution in [-0.2, 0) is 6.42 Å². The van der Waals surface area contributed by atoms with Gasteiger partial charge in [-0.15, -0.1) is 0 Å². The lowest BCUT2D eigenvalue weighted by molar-refractivity contribution is 0.216. The third kappa shape index (κ3) is 3.80. The molecule has 1 atom stereocenters. The van der Waals surface area contributed by atoms with E-state index in [1.807, 2.05) is 0 Å². The lowest BCUT2D eigenvalue weighted by Crippen LogP contribution is -2.10. The van der Waals surface area contributed by atoms with Gasteiger partial charge in [0.25, 0.3) is 0 Å². The van der Waals surface area contributed by atoms with E-state index in [9.17, 15) is 4.39 Å². The standard InChI is InChI=1S/C12H16ClFO/c1-2-3-9(8-15)6-10-7-11(13)4-5-12(10)14/h4-5,7,9,15H,2-3,6,8H2,1H3. The Balaban J connectivity index is 2.73. The molecule has 1 rings (SSSR count). The molecule has 84 valence electrons. The van der Waals surface area contributed by atoms with Crippen molar-refractivity contribution in [2.75, 3.05) is 6.61 Å². The summed E-state index contributed by atoms with van der Waals surface area (Å²) >= 11 is 5.79. The quantitative estimate of drug-likeness (QED) is 0.822. The molecule has 0 saturated carbocycles. The van der Waals surface area contributed by atoms with Gasteiger partial charge >= 0.3 is 0 Å². The molecule has 1 nitrogen and oxygen atoms in total. The Morgan fingerprint density at radius 3 is 2.80 bits per heavy atom. The first-order valence-electron chi connectivity index (χ1n) is 5.22. The van der Waals surface area contributed by atoms with Crippen LogP contribution in [0.1, 0.15) is 25.3 Å².